The molecule has 1 unspecified atom stereocenters. The third-order valence-corrected chi connectivity index (χ3v) is 6.88. The Morgan fingerprint density at radius 2 is 1.59 bits per heavy atom. The van der Waals surface area contributed by atoms with Crippen molar-refractivity contribution in [1.82, 2.24) is 0 Å². The van der Waals surface area contributed by atoms with Crippen molar-refractivity contribution in [3.05, 3.63) is 35.4 Å². The summed E-state index contributed by atoms with van der Waals surface area (Å²) in [6, 6.07) is 7.75. The average molecular weight is 373 g/mol. The quantitative estimate of drug-likeness (QED) is 0.695. The van der Waals surface area contributed by atoms with Crippen LogP contribution in [-0.4, -0.2) is 24.8 Å². The van der Waals surface area contributed by atoms with Crippen molar-refractivity contribution in [3.63, 3.8) is 0 Å². The van der Waals surface area contributed by atoms with Gasteiger partial charge in [0.25, 0.3) is 0 Å². The highest BCUT2D eigenvalue weighted by Crippen LogP contribution is 2.53. The summed E-state index contributed by atoms with van der Waals surface area (Å²) >= 11 is 0. The zero-order chi connectivity index (χ0) is 19.1. The standard InChI is InChI=1S/C21H31N3O3/c22-21(23,24)17-5-2-15(3-6-17)1-4-16-7-8-19(18(16)25)9-11-20(12-10-19)26-13-14-27-20/h2-3,5-6,16H,1,4,7-14,22-24H2. The molecule has 0 aromatic heterocycles. The van der Waals surface area contributed by atoms with Crippen molar-refractivity contribution < 1.29 is 14.3 Å². The van der Waals surface area contributed by atoms with Gasteiger partial charge in [-0.1, -0.05) is 24.3 Å². The number of carbonyl (C=O) groups excluding carboxylic acids is 1. The van der Waals surface area contributed by atoms with E-state index < -0.39 is 11.6 Å². The van der Waals surface area contributed by atoms with Crippen LogP contribution in [0.5, 0.6) is 0 Å². The van der Waals surface area contributed by atoms with Gasteiger partial charge in [0.05, 0.1) is 13.2 Å². The van der Waals surface area contributed by atoms with Crippen LogP contribution in [0.3, 0.4) is 0 Å². The van der Waals surface area contributed by atoms with Crippen molar-refractivity contribution in [1.29, 1.82) is 0 Å². The molecule has 2 saturated carbocycles. The zero-order valence-corrected chi connectivity index (χ0v) is 15.9. The molecule has 6 heteroatoms. The molecule has 1 heterocycles. The van der Waals surface area contributed by atoms with E-state index in [1.807, 2.05) is 24.3 Å². The first-order valence-electron chi connectivity index (χ1n) is 10.1. The van der Waals surface area contributed by atoms with Crippen molar-refractivity contribution >= 4 is 5.78 Å². The van der Waals surface area contributed by atoms with Crippen molar-refractivity contribution in [2.24, 2.45) is 28.5 Å². The van der Waals surface area contributed by atoms with Gasteiger partial charge in [-0.3, -0.25) is 22.0 Å². The first-order chi connectivity index (χ1) is 12.8. The Morgan fingerprint density at radius 3 is 2.19 bits per heavy atom. The number of carbonyl (C=O) groups is 1. The second kappa shape index (κ2) is 6.94. The van der Waals surface area contributed by atoms with E-state index in [1.165, 1.54) is 5.56 Å². The minimum absolute atomic E-state index is 0.132. The number of benzene rings is 1. The van der Waals surface area contributed by atoms with Crippen LogP contribution in [0.25, 0.3) is 0 Å². The van der Waals surface area contributed by atoms with E-state index in [1.54, 1.807) is 0 Å². The normalized spacial score (nSPS) is 26.9. The number of aryl methyl sites for hydroxylation is 1. The molecule has 0 radical (unpaired) electrons. The molecule has 1 atom stereocenters. The van der Waals surface area contributed by atoms with Gasteiger partial charge in [0.2, 0.25) is 0 Å². The molecule has 2 spiro atoms. The first-order valence-corrected chi connectivity index (χ1v) is 10.1. The maximum Gasteiger partial charge on any atom is 0.168 e. The van der Waals surface area contributed by atoms with Crippen molar-refractivity contribution in [3.8, 4) is 0 Å². The van der Waals surface area contributed by atoms with Gasteiger partial charge < -0.3 is 9.47 Å². The number of nitrogens with two attached hydrogens (primary N) is 3. The van der Waals surface area contributed by atoms with Gasteiger partial charge in [0, 0.05) is 29.7 Å². The highest BCUT2D eigenvalue weighted by atomic mass is 16.7. The van der Waals surface area contributed by atoms with Crippen LogP contribution in [0, 0.1) is 11.3 Å². The molecule has 6 nitrogen and oxygen atoms in total. The molecule has 3 fully saturated rings. The molecular weight excluding hydrogens is 342 g/mol. The van der Waals surface area contributed by atoms with Gasteiger partial charge in [-0.25, -0.2) is 0 Å². The first kappa shape index (κ1) is 19.0. The van der Waals surface area contributed by atoms with Crippen LogP contribution in [0.1, 0.15) is 56.1 Å². The number of ether oxygens (including phenoxy) is 2. The number of ketones is 1. The summed E-state index contributed by atoms with van der Waals surface area (Å²) in [4.78, 5) is 13.2. The molecule has 6 N–H and O–H groups in total. The van der Waals surface area contributed by atoms with Crippen LogP contribution in [0.15, 0.2) is 24.3 Å². The zero-order valence-electron chi connectivity index (χ0n) is 15.9. The SMILES string of the molecule is NC(N)(N)c1ccc(CCC2CCC3(CCC4(CC3)OCCO4)C2=O)cc1. The van der Waals surface area contributed by atoms with E-state index in [9.17, 15) is 4.79 Å². The molecule has 3 aliphatic rings. The lowest BCUT2D eigenvalue weighted by Gasteiger charge is -2.40. The molecule has 0 bridgehead atoms. The lowest BCUT2D eigenvalue weighted by atomic mass is 9.69. The second-order valence-electron chi connectivity index (χ2n) is 8.66. The van der Waals surface area contributed by atoms with Gasteiger partial charge in [0.15, 0.2) is 5.79 Å². The monoisotopic (exact) mass is 373 g/mol. The van der Waals surface area contributed by atoms with E-state index in [-0.39, 0.29) is 11.3 Å². The molecule has 0 amide bonds. The number of rotatable bonds is 4. The lowest BCUT2D eigenvalue weighted by molar-refractivity contribution is -0.191. The van der Waals surface area contributed by atoms with Gasteiger partial charge in [-0.05, 0) is 44.1 Å². The van der Waals surface area contributed by atoms with Crippen molar-refractivity contribution in [2.45, 2.75) is 62.9 Å². The van der Waals surface area contributed by atoms with E-state index in [2.05, 4.69) is 0 Å². The van der Waals surface area contributed by atoms with Gasteiger partial charge in [-0.15, -0.1) is 0 Å². The van der Waals surface area contributed by atoms with Crippen LogP contribution in [0.4, 0.5) is 0 Å². The molecule has 1 aromatic rings. The average Bonchev–Trinajstić information content (AvgIpc) is 3.22. The smallest absolute Gasteiger partial charge is 0.168 e. The molecule has 148 valence electrons. The Balaban J connectivity index is 1.33. The molecule has 1 aliphatic heterocycles. The maximum atomic E-state index is 13.2. The number of Topliss-reactive ketones (excluding diaryl/α,β-unsaturated/α-hetero) is 1. The highest BCUT2D eigenvalue weighted by molar-refractivity contribution is 5.89. The minimum atomic E-state index is -1.31. The van der Waals surface area contributed by atoms with E-state index in [4.69, 9.17) is 26.7 Å². The minimum Gasteiger partial charge on any atom is -0.348 e. The molecule has 2 aliphatic carbocycles. The van der Waals surface area contributed by atoms with Crippen LogP contribution < -0.4 is 17.2 Å². The van der Waals surface area contributed by atoms with Gasteiger partial charge >= 0.3 is 0 Å². The van der Waals surface area contributed by atoms with Crippen LogP contribution in [0.2, 0.25) is 0 Å². The fourth-order valence-electron chi connectivity index (χ4n) is 5.11. The highest BCUT2D eigenvalue weighted by Gasteiger charge is 2.53. The molecule has 1 saturated heterocycles. The Kier molecular flexibility index (Phi) is 4.89. The largest absolute Gasteiger partial charge is 0.348 e. The van der Waals surface area contributed by atoms with Gasteiger partial charge in [-0.2, -0.15) is 0 Å². The Morgan fingerprint density at radius 1 is 0.963 bits per heavy atom. The molecule has 1 aromatic carbocycles. The van der Waals surface area contributed by atoms with Crippen molar-refractivity contribution in [2.75, 3.05) is 13.2 Å². The summed E-state index contributed by atoms with van der Waals surface area (Å²) in [5.41, 5.74) is 18.9. The molecule has 27 heavy (non-hydrogen) atoms. The summed E-state index contributed by atoms with van der Waals surface area (Å²) in [7, 11) is 0. The summed E-state index contributed by atoms with van der Waals surface area (Å²) < 4.78 is 11.6. The topological polar surface area (TPSA) is 114 Å². The second-order valence-corrected chi connectivity index (χ2v) is 8.66. The van der Waals surface area contributed by atoms with Crippen LogP contribution >= 0.6 is 0 Å². The predicted molar refractivity (Wildman–Crippen MR) is 102 cm³/mol. The van der Waals surface area contributed by atoms with E-state index in [0.29, 0.717) is 24.6 Å². The summed E-state index contributed by atoms with van der Waals surface area (Å²) in [6.45, 7) is 1.36. The molecular formula is C21H31N3O3. The van der Waals surface area contributed by atoms with Crippen LogP contribution in [-0.2, 0) is 26.5 Å². The summed E-state index contributed by atoms with van der Waals surface area (Å²) in [5, 5.41) is 0. The third-order valence-electron chi connectivity index (χ3n) is 6.88. The number of hydrogen-bond acceptors (Lipinski definition) is 6. The fraction of sp³-hybridized carbons (Fsp3) is 0.667. The Bertz CT molecular complexity index is 680. The maximum absolute atomic E-state index is 13.2. The third kappa shape index (κ3) is 3.69. The van der Waals surface area contributed by atoms with E-state index >= 15 is 0 Å². The lowest BCUT2D eigenvalue weighted by Crippen LogP contribution is -2.54. The predicted octanol–water partition coefficient (Wildman–Crippen LogP) is 1.89. The van der Waals surface area contributed by atoms with Gasteiger partial charge in [0.1, 0.15) is 11.6 Å². The molecule has 4 rings (SSSR count). The summed E-state index contributed by atoms with van der Waals surface area (Å²) in [6.07, 6.45) is 7.32. The Labute approximate surface area is 160 Å². The fourth-order valence-corrected chi connectivity index (χ4v) is 5.11. The van der Waals surface area contributed by atoms with E-state index in [0.717, 1.165) is 51.4 Å². The summed E-state index contributed by atoms with van der Waals surface area (Å²) in [5.74, 6) is -1.06. The number of hydrogen-bond donors (Lipinski definition) is 3. The Hall–Kier alpha value is -1.31.